The van der Waals surface area contributed by atoms with Crippen LogP contribution in [0.5, 0.6) is 5.88 Å². The average molecular weight is 442 g/mol. The number of hydrogen-bond donors (Lipinski definition) is 2. The normalized spacial score (nSPS) is 23.8. The topological polar surface area (TPSA) is 125 Å². The van der Waals surface area contributed by atoms with Crippen molar-refractivity contribution in [1.82, 2.24) is 15.0 Å². The second kappa shape index (κ2) is 7.72. The number of nitrogens with one attached hydrogen (secondary N) is 1. The van der Waals surface area contributed by atoms with Crippen LogP contribution in [-0.2, 0) is 10.3 Å². The molecule has 166 valence electrons. The molecule has 3 heterocycles. The summed E-state index contributed by atoms with van der Waals surface area (Å²) >= 11 is 0. The Morgan fingerprint density at radius 2 is 1.97 bits per heavy atom. The number of rotatable bonds is 3. The molecule has 0 saturated carbocycles. The highest BCUT2D eigenvalue weighted by molar-refractivity contribution is 5.90. The van der Waals surface area contributed by atoms with Crippen LogP contribution in [0, 0.1) is 12.7 Å². The van der Waals surface area contributed by atoms with Gasteiger partial charge in [-0.2, -0.15) is 13.2 Å². The molecule has 3 N–H and O–H groups in total. The number of aryl methyl sites for hydroxylation is 1. The van der Waals surface area contributed by atoms with Crippen LogP contribution in [0.1, 0.15) is 25.2 Å². The van der Waals surface area contributed by atoms with Crippen molar-refractivity contribution >= 4 is 17.7 Å². The van der Waals surface area contributed by atoms with Gasteiger partial charge in [0.25, 0.3) is 0 Å². The van der Waals surface area contributed by atoms with E-state index in [1.165, 1.54) is 19.3 Å². The summed E-state index contributed by atoms with van der Waals surface area (Å²) in [6.45, 7) is 3.09. The van der Waals surface area contributed by atoms with Crippen molar-refractivity contribution < 1.29 is 31.8 Å². The van der Waals surface area contributed by atoms with E-state index in [4.69, 9.17) is 15.2 Å². The van der Waals surface area contributed by atoms with E-state index in [0.29, 0.717) is 5.69 Å². The molecule has 1 aliphatic heterocycles. The van der Waals surface area contributed by atoms with Crippen LogP contribution in [-0.4, -0.2) is 45.3 Å². The largest absolute Gasteiger partial charge is 0.424 e. The Bertz CT molecular complexity index is 1030. The van der Waals surface area contributed by atoms with Gasteiger partial charge in [-0.05, 0) is 32.9 Å². The van der Waals surface area contributed by atoms with E-state index in [9.17, 15) is 22.4 Å². The number of carbonyl (C=O) groups is 1. The van der Waals surface area contributed by atoms with Crippen LogP contribution in [0.3, 0.4) is 0 Å². The summed E-state index contributed by atoms with van der Waals surface area (Å²) < 4.78 is 64.2. The molecule has 9 nitrogen and oxygen atoms in total. The predicted octanol–water partition coefficient (Wildman–Crippen LogP) is 2.85. The number of nitrogens with two attached hydrogens (primary N) is 1. The fourth-order valence-electron chi connectivity index (χ4n) is 2.66. The third kappa shape index (κ3) is 4.40. The minimum atomic E-state index is -4.82. The van der Waals surface area contributed by atoms with Crippen molar-refractivity contribution in [2.24, 2.45) is 10.7 Å². The van der Waals surface area contributed by atoms with Crippen LogP contribution < -0.4 is 15.8 Å². The van der Waals surface area contributed by atoms with Gasteiger partial charge in [0.05, 0.1) is 24.7 Å². The molecule has 3 rings (SSSR count). The molecule has 2 unspecified atom stereocenters. The smallest absolute Gasteiger partial charge is 0.389 e. The van der Waals surface area contributed by atoms with E-state index >= 15 is 0 Å². The molecule has 1 aliphatic rings. The van der Waals surface area contributed by atoms with Crippen molar-refractivity contribution in [3.05, 3.63) is 41.7 Å². The van der Waals surface area contributed by atoms with Crippen molar-refractivity contribution in [2.45, 2.75) is 38.1 Å². The van der Waals surface area contributed by atoms with Crippen molar-refractivity contribution in [1.29, 1.82) is 0 Å². The summed E-state index contributed by atoms with van der Waals surface area (Å²) in [5.41, 5.74) is 1.30. The highest BCUT2D eigenvalue weighted by Crippen LogP contribution is 2.41. The molecule has 0 spiro atoms. The Kier molecular flexibility index (Phi) is 5.56. The number of halogens is 4. The summed E-state index contributed by atoms with van der Waals surface area (Å²) in [6.07, 6.45) is -3.19. The fourth-order valence-corrected chi connectivity index (χ4v) is 2.66. The lowest BCUT2D eigenvalue weighted by atomic mass is 9.93. The van der Waals surface area contributed by atoms with Gasteiger partial charge < -0.3 is 15.2 Å². The summed E-state index contributed by atoms with van der Waals surface area (Å²) in [4.78, 5) is 27.6. The molecule has 1 amide bonds. The fraction of sp³-hybridized carbons (Fsp3) is 0.389. The molecule has 0 radical (unpaired) electrons. The van der Waals surface area contributed by atoms with Gasteiger partial charge in [0.1, 0.15) is 28.7 Å². The maximum atomic E-state index is 14.5. The first-order valence-electron chi connectivity index (χ1n) is 8.85. The highest BCUT2D eigenvalue weighted by Gasteiger charge is 2.59. The number of anilines is 1. The van der Waals surface area contributed by atoms with Crippen LogP contribution in [0.15, 0.2) is 29.5 Å². The van der Waals surface area contributed by atoms with Crippen LogP contribution in [0.4, 0.5) is 28.2 Å². The van der Waals surface area contributed by atoms with Crippen LogP contribution in [0.2, 0.25) is 0 Å². The Labute approximate surface area is 173 Å². The zero-order valence-corrected chi connectivity index (χ0v) is 16.6. The molecule has 0 fully saturated rings. The van der Waals surface area contributed by atoms with E-state index in [2.05, 4.69) is 25.3 Å². The number of amides is 1. The number of amidine groups is 1. The zero-order chi connectivity index (χ0) is 23.0. The van der Waals surface area contributed by atoms with Gasteiger partial charge in [0, 0.05) is 0 Å². The molecular weight excluding hydrogens is 424 g/mol. The van der Waals surface area contributed by atoms with E-state index in [1.54, 1.807) is 6.92 Å². The van der Waals surface area contributed by atoms with Crippen molar-refractivity contribution in [2.75, 3.05) is 11.9 Å². The van der Waals surface area contributed by atoms with Gasteiger partial charge in [0.15, 0.2) is 0 Å². The summed E-state index contributed by atoms with van der Waals surface area (Å²) in [7, 11) is 0. The second-order valence-corrected chi connectivity index (χ2v) is 7.13. The Morgan fingerprint density at radius 3 is 2.55 bits per heavy atom. The van der Waals surface area contributed by atoms with E-state index < -0.39 is 41.7 Å². The van der Waals surface area contributed by atoms with E-state index in [1.807, 2.05) is 0 Å². The predicted molar refractivity (Wildman–Crippen MR) is 100.0 cm³/mol. The van der Waals surface area contributed by atoms with E-state index in [0.717, 1.165) is 19.1 Å². The number of nitrogens with zero attached hydrogens (tertiary/aromatic N) is 4. The molecule has 0 aliphatic carbocycles. The van der Waals surface area contributed by atoms with Gasteiger partial charge in [0.2, 0.25) is 11.5 Å². The highest BCUT2D eigenvalue weighted by atomic mass is 19.4. The second-order valence-electron chi connectivity index (χ2n) is 7.13. The third-order valence-electron chi connectivity index (χ3n) is 4.58. The molecule has 0 bridgehead atoms. The minimum absolute atomic E-state index is 0.0816. The van der Waals surface area contributed by atoms with Gasteiger partial charge >= 0.3 is 12.3 Å². The first-order valence-corrected chi connectivity index (χ1v) is 8.85. The molecule has 13 heteroatoms. The SMILES string of the molecule is Cc1cnc(OC(=O)Nc2ccc(F)c(C3(C)COC(C)(C(F)(F)F)C(N)=N3)n2)cn1. The number of hydrogen-bond acceptors (Lipinski definition) is 8. The summed E-state index contributed by atoms with van der Waals surface area (Å²) in [6, 6.07) is 2.11. The maximum absolute atomic E-state index is 14.5. The Morgan fingerprint density at radius 1 is 1.26 bits per heavy atom. The van der Waals surface area contributed by atoms with Gasteiger partial charge in [-0.25, -0.2) is 19.2 Å². The van der Waals surface area contributed by atoms with E-state index in [-0.39, 0.29) is 17.4 Å². The molecule has 31 heavy (non-hydrogen) atoms. The summed E-state index contributed by atoms with van der Waals surface area (Å²) in [5.74, 6) is -1.96. The molecule has 0 saturated heterocycles. The van der Waals surface area contributed by atoms with Crippen molar-refractivity contribution in [3.63, 3.8) is 0 Å². The quantitative estimate of drug-likeness (QED) is 0.701. The van der Waals surface area contributed by atoms with Crippen molar-refractivity contribution in [3.8, 4) is 5.88 Å². The standard InChI is InChI=1S/C18H18F4N6O3/c1-9-6-25-12(7-24-9)31-15(29)27-11-5-4-10(19)13(26-11)16(2)8-30-17(3,14(23)28-16)18(20,21)22/h4-7H,8H2,1-3H3,(H2,23,28)(H,26,27,29). The number of aliphatic imine (C=N–C) groups is 1. The molecule has 2 aromatic heterocycles. The maximum Gasteiger partial charge on any atom is 0.424 e. The third-order valence-corrected chi connectivity index (χ3v) is 4.58. The average Bonchev–Trinajstić information content (AvgIpc) is 2.67. The van der Waals surface area contributed by atoms with Crippen LogP contribution >= 0.6 is 0 Å². The number of pyridine rings is 1. The lowest BCUT2D eigenvalue weighted by molar-refractivity contribution is -0.249. The first kappa shape index (κ1) is 22.3. The Hall–Kier alpha value is -3.35. The molecule has 2 atom stereocenters. The molecule has 0 aromatic carbocycles. The number of alkyl halides is 3. The molecular formula is C18H18F4N6O3. The monoisotopic (exact) mass is 442 g/mol. The summed E-state index contributed by atoms with van der Waals surface area (Å²) in [5, 5.41) is 2.27. The van der Waals surface area contributed by atoms with Gasteiger partial charge in [-0.3, -0.25) is 15.3 Å². The number of aromatic nitrogens is 3. The number of carbonyl (C=O) groups excluding carboxylic acids is 1. The zero-order valence-electron chi connectivity index (χ0n) is 16.6. The lowest BCUT2D eigenvalue weighted by Gasteiger charge is -2.40. The first-order chi connectivity index (χ1) is 14.3. The van der Waals surface area contributed by atoms with Gasteiger partial charge in [-0.15, -0.1) is 0 Å². The van der Waals surface area contributed by atoms with Crippen LogP contribution in [0.25, 0.3) is 0 Å². The van der Waals surface area contributed by atoms with Gasteiger partial charge in [-0.1, -0.05) is 0 Å². The Balaban J connectivity index is 1.84. The molecule has 2 aromatic rings. The number of ether oxygens (including phenoxy) is 2. The minimum Gasteiger partial charge on any atom is -0.389 e. The lowest BCUT2D eigenvalue weighted by Crippen LogP contribution is -2.60.